The van der Waals surface area contributed by atoms with Gasteiger partial charge in [-0.05, 0) is 29.6 Å². The zero-order valence-corrected chi connectivity index (χ0v) is 12.2. The average Bonchev–Trinajstić information content (AvgIpc) is 2.29. The zero-order valence-electron chi connectivity index (χ0n) is 12.2. The maximum absolute atomic E-state index is 2.58. The molecule has 1 heteroatoms. The Hall–Kier alpha value is 0.0649. The fraction of sp³-hybridized carbons (Fsp3) is 1.00. The van der Waals surface area contributed by atoms with Crippen LogP contribution in [0.1, 0.15) is 59.8 Å². The van der Waals surface area contributed by atoms with Gasteiger partial charge in [-0.1, -0.05) is 71.3 Å². The van der Waals surface area contributed by atoms with Crippen LogP contribution in [0.25, 0.3) is 0 Å². The smallest absolute Gasteiger partial charge is 0.0737 e. The third-order valence-electron chi connectivity index (χ3n) is 7.14. The summed E-state index contributed by atoms with van der Waals surface area (Å²) in [7, 11) is 0. The minimum absolute atomic E-state index is 0.674. The molecular weight excluding hydrogens is 203 g/mol. The summed E-state index contributed by atoms with van der Waals surface area (Å²) in [5.41, 5.74) is 0.674. The maximum Gasteiger partial charge on any atom is 0.146 e. The molecule has 17 heavy (non-hydrogen) atoms. The van der Waals surface area contributed by atoms with Crippen LogP contribution in [0.15, 0.2) is 0 Å². The second-order valence-electron chi connectivity index (χ2n) is 8.04. The van der Waals surface area contributed by atoms with Gasteiger partial charge in [0, 0.05) is 0 Å². The van der Waals surface area contributed by atoms with E-state index in [1.54, 1.807) is 12.8 Å². The summed E-state index contributed by atoms with van der Waals surface area (Å²) in [5, 5.41) is 0. The molecule has 0 aromatic rings. The van der Waals surface area contributed by atoms with Gasteiger partial charge < -0.3 is 0 Å². The van der Waals surface area contributed by atoms with E-state index >= 15 is 0 Å². The van der Waals surface area contributed by atoms with Gasteiger partial charge in [-0.25, -0.2) is 0 Å². The molecule has 0 aromatic carbocycles. The van der Waals surface area contributed by atoms with Crippen molar-refractivity contribution in [1.82, 2.24) is 0 Å². The Labute approximate surface area is 108 Å². The van der Waals surface area contributed by atoms with Crippen LogP contribution >= 0.6 is 0 Å². The molecule has 1 saturated heterocycles. The first-order valence-electron chi connectivity index (χ1n) is 8.01. The molecule has 4 aliphatic rings. The van der Waals surface area contributed by atoms with E-state index in [0.29, 0.717) is 5.41 Å². The molecule has 4 fully saturated rings. The van der Waals surface area contributed by atoms with E-state index < -0.39 is 0 Å². The summed E-state index contributed by atoms with van der Waals surface area (Å²) in [5.74, 6) is 5.18. The summed E-state index contributed by atoms with van der Waals surface area (Å²) in [6.07, 6.45) is 9.15. The van der Waals surface area contributed by atoms with Crippen molar-refractivity contribution < 1.29 is 0 Å². The number of hydrogen-bond donors (Lipinski definition) is 0. The van der Waals surface area contributed by atoms with Crippen LogP contribution in [-0.4, -0.2) is 6.71 Å². The molecule has 0 amide bonds. The summed E-state index contributed by atoms with van der Waals surface area (Å²) in [6, 6.07) is 0. The Kier molecular flexibility index (Phi) is 2.87. The predicted octanol–water partition coefficient (Wildman–Crippen LogP) is 5.13. The quantitative estimate of drug-likeness (QED) is 0.550. The van der Waals surface area contributed by atoms with Crippen LogP contribution in [-0.2, 0) is 0 Å². The van der Waals surface area contributed by atoms with Crippen LogP contribution in [0.2, 0.25) is 18.0 Å². The molecular formula is C16H29B. The van der Waals surface area contributed by atoms with E-state index in [-0.39, 0.29) is 0 Å². The van der Waals surface area contributed by atoms with E-state index in [4.69, 9.17) is 0 Å². The molecule has 96 valence electrons. The summed E-state index contributed by atoms with van der Waals surface area (Å²) < 4.78 is 0. The second-order valence-corrected chi connectivity index (χ2v) is 8.04. The predicted molar refractivity (Wildman–Crippen MR) is 76.7 cm³/mol. The Bertz CT molecular complexity index is 296. The highest BCUT2D eigenvalue weighted by molar-refractivity contribution is 6.62. The summed E-state index contributed by atoms with van der Waals surface area (Å²) in [4.78, 5) is 0. The minimum Gasteiger partial charge on any atom is -0.0737 e. The summed E-state index contributed by atoms with van der Waals surface area (Å²) in [6.45, 7) is 11.2. The molecule has 3 saturated carbocycles. The van der Waals surface area contributed by atoms with Crippen molar-refractivity contribution in [2.75, 3.05) is 0 Å². The Morgan fingerprint density at radius 2 is 1.82 bits per heavy atom. The van der Waals surface area contributed by atoms with Gasteiger partial charge in [0.1, 0.15) is 6.71 Å². The van der Waals surface area contributed by atoms with Gasteiger partial charge in [0.05, 0.1) is 0 Å². The van der Waals surface area contributed by atoms with E-state index in [0.717, 1.165) is 36.1 Å². The van der Waals surface area contributed by atoms with Gasteiger partial charge in [0.25, 0.3) is 0 Å². The lowest BCUT2D eigenvalue weighted by Gasteiger charge is -2.63. The Balaban J connectivity index is 1.73. The van der Waals surface area contributed by atoms with Gasteiger partial charge in [0.15, 0.2) is 0 Å². The lowest BCUT2D eigenvalue weighted by atomic mass is 9.23. The molecule has 1 aliphatic heterocycles. The van der Waals surface area contributed by atoms with Crippen molar-refractivity contribution in [1.29, 1.82) is 0 Å². The van der Waals surface area contributed by atoms with Crippen molar-refractivity contribution in [3.05, 3.63) is 0 Å². The van der Waals surface area contributed by atoms with Crippen LogP contribution in [0.4, 0.5) is 0 Å². The fourth-order valence-corrected chi connectivity index (χ4v) is 5.74. The molecule has 3 aliphatic carbocycles. The van der Waals surface area contributed by atoms with Crippen LogP contribution in [0, 0.1) is 23.2 Å². The molecule has 2 bridgehead atoms. The van der Waals surface area contributed by atoms with Crippen molar-refractivity contribution in [3.63, 3.8) is 0 Å². The lowest BCUT2D eigenvalue weighted by molar-refractivity contribution is -0.0994. The monoisotopic (exact) mass is 232 g/mol. The molecule has 0 aromatic heterocycles. The molecule has 4 rings (SSSR count). The highest BCUT2D eigenvalue weighted by Crippen LogP contribution is 2.66. The van der Waals surface area contributed by atoms with Gasteiger partial charge in [-0.15, -0.1) is 0 Å². The highest BCUT2D eigenvalue weighted by atomic mass is 14.6. The van der Waals surface area contributed by atoms with E-state index in [2.05, 4.69) is 27.7 Å². The SMILES string of the molecule is CC1CCCCB1[C@@H]1C[C@@H]2C[C@H](C1C)C2(C)C. The van der Waals surface area contributed by atoms with Crippen molar-refractivity contribution in [3.8, 4) is 0 Å². The molecule has 0 spiro atoms. The third kappa shape index (κ3) is 1.71. The minimum atomic E-state index is 0.674. The molecule has 0 radical (unpaired) electrons. The standard InChI is InChI=1S/C16H29B/c1-11-7-5-6-8-17(11)15-10-13-9-14(12(15)2)16(13,3)4/h11-15H,5-10H2,1-4H3/t11?,12?,13-,14+,15+/m0/s1. The average molecular weight is 232 g/mol. The summed E-state index contributed by atoms with van der Waals surface area (Å²) >= 11 is 0. The van der Waals surface area contributed by atoms with Gasteiger partial charge in [0.2, 0.25) is 0 Å². The van der Waals surface area contributed by atoms with Gasteiger partial charge in [-0.3, -0.25) is 0 Å². The Morgan fingerprint density at radius 1 is 1.06 bits per heavy atom. The first-order chi connectivity index (χ1) is 8.01. The normalized spacial score (nSPS) is 48.7. The van der Waals surface area contributed by atoms with Crippen LogP contribution < -0.4 is 0 Å². The first kappa shape index (κ1) is 12.1. The van der Waals surface area contributed by atoms with Gasteiger partial charge in [-0.2, -0.15) is 0 Å². The fourth-order valence-electron chi connectivity index (χ4n) is 5.74. The molecule has 2 unspecified atom stereocenters. The van der Waals surface area contributed by atoms with E-state index in [9.17, 15) is 0 Å². The number of rotatable bonds is 1. The number of fused-ring (bicyclic) bond motifs is 2. The largest absolute Gasteiger partial charge is 0.146 e. The van der Waals surface area contributed by atoms with Crippen molar-refractivity contribution in [2.24, 2.45) is 23.2 Å². The number of hydrogen-bond acceptors (Lipinski definition) is 0. The van der Waals surface area contributed by atoms with Crippen LogP contribution in [0.3, 0.4) is 0 Å². The maximum atomic E-state index is 2.58. The third-order valence-corrected chi connectivity index (χ3v) is 7.14. The molecule has 0 N–H and O–H groups in total. The molecule has 1 heterocycles. The molecule has 5 atom stereocenters. The van der Waals surface area contributed by atoms with Gasteiger partial charge >= 0.3 is 0 Å². The lowest BCUT2D eigenvalue weighted by Crippen LogP contribution is -2.56. The van der Waals surface area contributed by atoms with Crippen molar-refractivity contribution in [2.45, 2.75) is 77.8 Å². The van der Waals surface area contributed by atoms with E-state index in [1.807, 2.05) is 0 Å². The molecule has 0 nitrogen and oxygen atoms in total. The highest BCUT2D eigenvalue weighted by Gasteiger charge is 2.57. The Morgan fingerprint density at radius 3 is 2.41 bits per heavy atom. The van der Waals surface area contributed by atoms with Crippen LogP contribution in [0.5, 0.6) is 0 Å². The topological polar surface area (TPSA) is 0 Å². The second kappa shape index (κ2) is 4.03. The van der Waals surface area contributed by atoms with E-state index in [1.165, 1.54) is 25.6 Å². The van der Waals surface area contributed by atoms with Crippen molar-refractivity contribution >= 4 is 6.71 Å². The zero-order chi connectivity index (χ0) is 12.2. The first-order valence-corrected chi connectivity index (χ1v) is 8.01.